The summed E-state index contributed by atoms with van der Waals surface area (Å²) in [5, 5.41) is 3.24. The van der Waals surface area contributed by atoms with Crippen molar-refractivity contribution in [2.75, 3.05) is 5.32 Å². The molecule has 1 aromatic heterocycles. The highest BCUT2D eigenvalue weighted by molar-refractivity contribution is 5.44. The number of nitrogens with one attached hydrogen (secondary N) is 1. The normalized spacial score (nSPS) is 12.4. The number of halogens is 1. The van der Waals surface area contributed by atoms with Crippen molar-refractivity contribution in [3.63, 3.8) is 0 Å². The van der Waals surface area contributed by atoms with Crippen LogP contribution in [0.2, 0.25) is 0 Å². The Morgan fingerprint density at radius 2 is 1.81 bits per heavy atom. The smallest absolute Gasteiger partial charge is 0.126 e. The molecular weight excluding hydrogens is 205 g/mol. The number of rotatable bonds is 3. The van der Waals surface area contributed by atoms with Gasteiger partial charge < -0.3 is 9.73 Å². The Labute approximate surface area is 94.1 Å². The van der Waals surface area contributed by atoms with Gasteiger partial charge in [0, 0.05) is 5.69 Å². The average molecular weight is 219 g/mol. The van der Waals surface area contributed by atoms with Gasteiger partial charge in [0.2, 0.25) is 0 Å². The van der Waals surface area contributed by atoms with Gasteiger partial charge in [0.25, 0.3) is 0 Å². The summed E-state index contributed by atoms with van der Waals surface area (Å²) < 4.78 is 18.2. The van der Waals surface area contributed by atoms with E-state index < -0.39 is 0 Å². The summed E-state index contributed by atoms with van der Waals surface area (Å²) in [4.78, 5) is 0. The van der Waals surface area contributed by atoms with Crippen LogP contribution in [0.3, 0.4) is 0 Å². The zero-order chi connectivity index (χ0) is 11.5. The lowest BCUT2D eigenvalue weighted by atomic mass is 10.2. The van der Waals surface area contributed by atoms with Crippen molar-refractivity contribution in [1.82, 2.24) is 0 Å². The van der Waals surface area contributed by atoms with Crippen LogP contribution < -0.4 is 5.32 Å². The van der Waals surface area contributed by atoms with Gasteiger partial charge in [-0.25, -0.2) is 4.39 Å². The fourth-order valence-corrected chi connectivity index (χ4v) is 1.55. The van der Waals surface area contributed by atoms with Gasteiger partial charge in [0.05, 0.1) is 6.04 Å². The average Bonchev–Trinajstić information content (AvgIpc) is 2.68. The summed E-state index contributed by atoms with van der Waals surface area (Å²) >= 11 is 0. The van der Waals surface area contributed by atoms with Gasteiger partial charge in [-0.15, -0.1) is 0 Å². The van der Waals surface area contributed by atoms with Crippen molar-refractivity contribution >= 4 is 5.69 Å². The Bertz CT molecular complexity index is 461. The molecule has 0 bridgehead atoms. The summed E-state index contributed by atoms with van der Waals surface area (Å²) in [6.07, 6.45) is 0. The third-order valence-electron chi connectivity index (χ3n) is 2.42. The minimum absolute atomic E-state index is 0.0687. The highest BCUT2D eigenvalue weighted by Gasteiger charge is 2.08. The number of hydrogen-bond donors (Lipinski definition) is 1. The third kappa shape index (κ3) is 2.42. The Morgan fingerprint density at radius 3 is 2.38 bits per heavy atom. The van der Waals surface area contributed by atoms with Gasteiger partial charge in [0.15, 0.2) is 0 Å². The van der Waals surface area contributed by atoms with Crippen LogP contribution in [0.4, 0.5) is 10.1 Å². The zero-order valence-corrected chi connectivity index (χ0v) is 9.33. The first-order valence-electron chi connectivity index (χ1n) is 5.23. The second kappa shape index (κ2) is 4.39. The quantitative estimate of drug-likeness (QED) is 0.846. The van der Waals surface area contributed by atoms with E-state index in [1.165, 1.54) is 12.1 Å². The van der Waals surface area contributed by atoms with Crippen LogP contribution in [0.5, 0.6) is 0 Å². The molecule has 0 saturated carbocycles. The molecule has 0 amide bonds. The van der Waals surface area contributed by atoms with Crippen molar-refractivity contribution in [3.8, 4) is 0 Å². The molecule has 84 valence electrons. The summed E-state index contributed by atoms with van der Waals surface area (Å²) in [5.41, 5.74) is 0.878. The molecule has 1 atom stereocenters. The molecule has 1 heterocycles. The minimum Gasteiger partial charge on any atom is -0.464 e. The van der Waals surface area contributed by atoms with Gasteiger partial charge in [-0.3, -0.25) is 0 Å². The molecule has 0 aliphatic rings. The maximum absolute atomic E-state index is 12.7. The van der Waals surface area contributed by atoms with Crippen molar-refractivity contribution in [1.29, 1.82) is 0 Å². The molecule has 16 heavy (non-hydrogen) atoms. The van der Waals surface area contributed by atoms with Gasteiger partial charge in [-0.05, 0) is 50.2 Å². The highest BCUT2D eigenvalue weighted by atomic mass is 19.1. The molecule has 0 spiro atoms. The maximum atomic E-state index is 12.7. The van der Waals surface area contributed by atoms with Crippen molar-refractivity contribution < 1.29 is 8.81 Å². The molecule has 0 aliphatic heterocycles. The van der Waals surface area contributed by atoms with Crippen LogP contribution in [0.15, 0.2) is 40.8 Å². The summed E-state index contributed by atoms with van der Waals surface area (Å²) in [5.74, 6) is 1.54. The Morgan fingerprint density at radius 1 is 1.12 bits per heavy atom. The summed E-state index contributed by atoms with van der Waals surface area (Å²) in [6, 6.07) is 10.2. The van der Waals surface area contributed by atoms with Crippen LogP contribution in [-0.2, 0) is 0 Å². The second-order valence-corrected chi connectivity index (χ2v) is 3.82. The van der Waals surface area contributed by atoms with Gasteiger partial charge in [-0.2, -0.15) is 0 Å². The monoisotopic (exact) mass is 219 g/mol. The van der Waals surface area contributed by atoms with E-state index >= 15 is 0 Å². The van der Waals surface area contributed by atoms with Crippen molar-refractivity contribution in [2.24, 2.45) is 0 Å². The van der Waals surface area contributed by atoms with Crippen LogP contribution in [0.25, 0.3) is 0 Å². The van der Waals surface area contributed by atoms with Gasteiger partial charge >= 0.3 is 0 Å². The maximum Gasteiger partial charge on any atom is 0.126 e. The van der Waals surface area contributed by atoms with E-state index in [0.29, 0.717) is 0 Å². The first-order valence-corrected chi connectivity index (χ1v) is 5.23. The molecule has 1 unspecified atom stereocenters. The van der Waals surface area contributed by atoms with E-state index in [1.54, 1.807) is 12.1 Å². The SMILES string of the molecule is Cc1ccc(C(C)Nc2ccc(F)cc2)o1. The molecule has 2 nitrogen and oxygen atoms in total. The number of hydrogen-bond acceptors (Lipinski definition) is 2. The fourth-order valence-electron chi connectivity index (χ4n) is 1.55. The number of aryl methyl sites for hydroxylation is 1. The number of anilines is 1. The predicted octanol–water partition coefficient (Wildman–Crippen LogP) is 3.90. The lowest BCUT2D eigenvalue weighted by Gasteiger charge is -2.12. The molecule has 3 heteroatoms. The molecule has 2 rings (SSSR count). The molecule has 0 aliphatic carbocycles. The Hall–Kier alpha value is -1.77. The molecule has 1 N–H and O–H groups in total. The fraction of sp³-hybridized carbons (Fsp3) is 0.231. The zero-order valence-electron chi connectivity index (χ0n) is 9.33. The van der Waals surface area contributed by atoms with E-state index in [1.807, 2.05) is 26.0 Å². The Kier molecular flexibility index (Phi) is 2.95. The second-order valence-electron chi connectivity index (χ2n) is 3.82. The van der Waals surface area contributed by atoms with E-state index in [9.17, 15) is 4.39 Å². The summed E-state index contributed by atoms with van der Waals surface area (Å²) in [7, 11) is 0. The topological polar surface area (TPSA) is 25.2 Å². The molecule has 0 saturated heterocycles. The summed E-state index contributed by atoms with van der Waals surface area (Å²) in [6.45, 7) is 3.91. The largest absolute Gasteiger partial charge is 0.464 e. The lowest BCUT2D eigenvalue weighted by Crippen LogP contribution is -2.05. The molecule has 0 radical (unpaired) electrons. The molecule has 0 fully saturated rings. The van der Waals surface area contributed by atoms with Crippen molar-refractivity contribution in [2.45, 2.75) is 19.9 Å². The molecule has 2 aromatic rings. The first kappa shape index (κ1) is 10.7. The van der Waals surface area contributed by atoms with E-state index in [4.69, 9.17) is 4.42 Å². The predicted molar refractivity (Wildman–Crippen MR) is 61.9 cm³/mol. The van der Waals surface area contributed by atoms with E-state index in [2.05, 4.69) is 5.32 Å². The van der Waals surface area contributed by atoms with Crippen LogP contribution in [-0.4, -0.2) is 0 Å². The molecular formula is C13H14FNO. The highest BCUT2D eigenvalue weighted by Crippen LogP contribution is 2.21. The lowest BCUT2D eigenvalue weighted by molar-refractivity contribution is 0.467. The first-order chi connectivity index (χ1) is 7.65. The number of furan rings is 1. The molecule has 1 aromatic carbocycles. The van der Waals surface area contributed by atoms with Crippen LogP contribution in [0, 0.1) is 12.7 Å². The van der Waals surface area contributed by atoms with Crippen molar-refractivity contribution in [3.05, 3.63) is 53.7 Å². The van der Waals surface area contributed by atoms with Crippen LogP contribution in [0.1, 0.15) is 24.5 Å². The third-order valence-corrected chi connectivity index (χ3v) is 2.42. The van der Waals surface area contributed by atoms with Gasteiger partial charge in [0.1, 0.15) is 17.3 Å². The standard InChI is InChI=1S/C13H14FNO/c1-9-3-8-13(16-9)10(2)15-12-6-4-11(14)5-7-12/h3-8,10,15H,1-2H3. The Balaban J connectivity index is 2.07. The minimum atomic E-state index is -0.230. The van der Waals surface area contributed by atoms with Gasteiger partial charge in [-0.1, -0.05) is 0 Å². The van der Waals surface area contributed by atoms with E-state index in [-0.39, 0.29) is 11.9 Å². The van der Waals surface area contributed by atoms with E-state index in [0.717, 1.165) is 17.2 Å². The van der Waals surface area contributed by atoms with Crippen LogP contribution >= 0.6 is 0 Å². The number of benzene rings is 1.